The lowest BCUT2D eigenvalue weighted by atomic mass is 9.94. The van der Waals surface area contributed by atoms with Crippen LogP contribution < -0.4 is 4.90 Å². The van der Waals surface area contributed by atoms with Crippen LogP contribution in [0.1, 0.15) is 33.3 Å². The lowest BCUT2D eigenvalue weighted by Gasteiger charge is -2.24. The molecule has 1 saturated carbocycles. The second-order valence-corrected chi connectivity index (χ2v) is 7.47. The number of hydrogen-bond donors (Lipinski definition) is 0. The van der Waals surface area contributed by atoms with Crippen molar-refractivity contribution in [2.24, 2.45) is 5.92 Å². The number of nitrogens with zero attached hydrogens (tertiary/aromatic N) is 2. The van der Waals surface area contributed by atoms with Crippen molar-refractivity contribution >= 4 is 23.7 Å². The summed E-state index contributed by atoms with van der Waals surface area (Å²) in [5, 5.41) is 11.6. The molecule has 1 heterocycles. The Bertz CT molecular complexity index is 844. The molecule has 1 aromatic rings. The number of carbonyl (C=O) groups is 3. The number of anilines is 1. The third kappa shape index (κ3) is 2.65. The molecule has 1 aliphatic heterocycles. The SMILES string of the molecule is CCOC(=O)[C@H]1C([N+](=O)[O-])[C@@]12C(=O)N(C(=O)OC(C)(C)C)c1ccccc12. The van der Waals surface area contributed by atoms with Crippen LogP contribution in [0.4, 0.5) is 10.5 Å². The molecule has 1 aliphatic carbocycles. The van der Waals surface area contributed by atoms with Gasteiger partial charge in [0, 0.05) is 10.5 Å². The second-order valence-electron chi connectivity index (χ2n) is 7.47. The van der Waals surface area contributed by atoms with Crippen LogP contribution in [0.3, 0.4) is 0 Å². The highest BCUT2D eigenvalue weighted by Gasteiger charge is 2.86. The molecule has 0 saturated heterocycles. The van der Waals surface area contributed by atoms with Crippen LogP contribution in [0.2, 0.25) is 0 Å². The standard InChI is InChI=1S/C18H20N2O7/c1-5-26-14(21)12-13(20(24)25)18(12)10-8-6-7-9-11(10)19(15(18)22)16(23)27-17(2,3)4/h6-9,12-13H,5H2,1-4H3/t12-,13?,18+/m1/s1. The molecule has 1 spiro atoms. The number of hydrogen-bond acceptors (Lipinski definition) is 7. The van der Waals surface area contributed by atoms with Crippen molar-refractivity contribution < 1.29 is 28.8 Å². The summed E-state index contributed by atoms with van der Waals surface area (Å²) in [5.74, 6) is -2.94. The van der Waals surface area contributed by atoms with E-state index in [0.29, 0.717) is 0 Å². The van der Waals surface area contributed by atoms with Crippen molar-refractivity contribution in [3.05, 3.63) is 39.9 Å². The number of para-hydroxylation sites is 1. The van der Waals surface area contributed by atoms with Crippen molar-refractivity contribution in [2.75, 3.05) is 11.5 Å². The van der Waals surface area contributed by atoms with Gasteiger partial charge in [-0.25, -0.2) is 9.69 Å². The first kappa shape index (κ1) is 18.8. The van der Waals surface area contributed by atoms with Gasteiger partial charge in [0.05, 0.1) is 12.3 Å². The molecule has 1 aromatic carbocycles. The van der Waals surface area contributed by atoms with Crippen LogP contribution >= 0.6 is 0 Å². The average molecular weight is 376 g/mol. The highest BCUT2D eigenvalue weighted by Crippen LogP contribution is 2.63. The highest BCUT2D eigenvalue weighted by atomic mass is 16.6. The van der Waals surface area contributed by atoms with Gasteiger partial charge in [0.15, 0.2) is 11.3 Å². The van der Waals surface area contributed by atoms with Gasteiger partial charge in [0.2, 0.25) is 6.04 Å². The Morgan fingerprint density at radius 3 is 2.48 bits per heavy atom. The smallest absolute Gasteiger partial charge is 0.421 e. The van der Waals surface area contributed by atoms with Crippen molar-refractivity contribution in [1.29, 1.82) is 0 Å². The van der Waals surface area contributed by atoms with Gasteiger partial charge in [-0.15, -0.1) is 0 Å². The zero-order valence-corrected chi connectivity index (χ0v) is 15.4. The largest absolute Gasteiger partial charge is 0.466 e. The van der Waals surface area contributed by atoms with Gasteiger partial charge >= 0.3 is 12.1 Å². The van der Waals surface area contributed by atoms with E-state index in [1.165, 1.54) is 12.1 Å². The number of esters is 1. The van der Waals surface area contributed by atoms with Crippen molar-refractivity contribution in [3.8, 4) is 0 Å². The van der Waals surface area contributed by atoms with Gasteiger partial charge in [-0.05, 0) is 33.8 Å². The molecule has 2 amide bonds. The summed E-state index contributed by atoms with van der Waals surface area (Å²) in [6, 6.07) is 4.74. The Hall–Kier alpha value is -2.97. The predicted octanol–water partition coefficient (Wildman–Crippen LogP) is 2.04. The number of ether oxygens (including phenoxy) is 2. The number of benzene rings is 1. The zero-order chi connectivity index (χ0) is 20.1. The first-order chi connectivity index (χ1) is 12.6. The van der Waals surface area contributed by atoms with E-state index in [-0.39, 0.29) is 17.9 Å². The Morgan fingerprint density at radius 2 is 1.93 bits per heavy atom. The summed E-state index contributed by atoms with van der Waals surface area (Å²) >= 11 is 0. The fourth-order valence-corrected chi connectivity index (χ4v) is 3.71. The molecule has 3 atom stereocenters. The van der Waals surface area contributed by atoms with Crippen molar-refractivity contribution in [1.82, 2.24) is 0 Å². The van der Waals surface area contributed by atoms with E-state index in [2.05, 4.69) is 0 Å². The topological polar surface area (TPSA) is 116 Å². The van der Waals surface area contributed by atoms with Crippen LogP contribution in [0.15, 0.2) is 24.3 Å². The van der Waals surface area contributed by atoms with E-state index < -0.39 is 45.9 Å². The Kier molecular flexibility index (Phi) is 4.21. The molecule has 0 N–H and O–H groups in total. The van der Waals surface area contributed by atoms with Gasteiger partial charge < -0.3 is 9.47 Å². The van der Waals surface area contributed by atoms with Crippen LogP contribution in [0, 0.1) is 16.0 Å². The summed E-state index contributed by atoms with van der Waals surface area (Å²) in [5.41, 5.74) is -2.16. The minimum absolute atomic E-state index is 0.0292. The number of carbonyl (C=O) groups excluding carboxylic acids is 3. The van der Waals surface area contributed by atoms with Gasteiger partial charge in [-0.3, -0.25) is 19.7 Å². The molecule has 0 bridgehead atoms. The summed E-state index contributed by atoms with van der Waals surface area (Å²) in [4.78, 5) is 49.9. The Labute approximate surface area is 155 Å². The molecule has 9 heteroatoms. The molecule has 2 aliphatic rings. The number of rotatable bonds is 3. The fourth-order valence-electron chi connectivity index (χ4n) is 3.71. The average Bonchev–Trinajstić information content (AvgIpc) is 3.18. The fraction of sp³-hybridized carbons (Fsp3) is 0.500. The summed E-state index contributed by atoms with van der Waals surface area (Å²) < 4.78 is 10.2. The van der Waals surface area contributed by atoms with E-state index in [1.807, 2.05) is 0 Å². The van der Waals surface area contributed by atoms with Gasteiger partial charge in [-0.2, -0.15) is 0 Å². The molecule has 1 unspecified atom stereocenters. The number of imide groups is 1. The van der Waals surface area contributed by atoms with E-state index in [1.54, 1.807) is 39.8 Å². The molecule has 0 aromatic heterocycles. The molecule has 3 rings (SSSR count). The van der Waals surface area contributed by atoms with Crippen molar-refractivity contribution in [3.63, 3.8) is 0 Å². The molecule has 0 radical (unpaired) electrons. The van der Waals surface area contributed by atoms with Gasteiger partial charge in [-0.1, -0.05) is 18.2 Å². The van der Waals surface area contributed by atoms with Gasteiger partial charge in [0.25, 0.3) is 5.91 Å². The number of fused-ring (bicyclic) bond motifs is 2. The first-order valence-corrected chi connectivity index (χ1v) is 8.54. The van der Waals surface area contributed by atoms with Crippen LogP contribution in [0.25, 0.3) is 0 Å². The maximum Gasteiger partial charge on any atom is 0.421 e. The van der Waals surface area contributed by atoms with E-state index in [9.17, 15) is 24.5 Å². The monoisotopic (exact) mass is 376 g/mol. The van der Waals surface area contributed by atoms with E-state index in [4.69, 9.17) is 9.47 Å². The number of nitro groups is 1. The molecular weight excluding hydrogens is 356 g/mol. The molecular formula is C18H20N2O7. The highest BCUT2D eigenvalue weighted by molar-refractivity contribution is 6.24. The zero-order valence-electron chi connectivity index (χ0n) is 15.4. The summed E-state index contributed by atoms with van der Waals surface area (Å²) in [6.45, 7) is 6.54. The molecule has 27 heavy (non-hydrogen) atoms. The third-order valence-electron chi connectivity index (χ3n) is 4.66. The maximum atomic E-state index is 13.2. The molecule has 9 nitrogen and oxygen atoms in total. The lowest BCUT2D eigenvalue weighted by Crippen LogP contribution is -2.42. The number of amides is 2. The quantitative estimate of drug-likeness (QED) is 0.450. The molecule has 144 valence electrons. The van der Waals surface area contributed by atoms with Crippen LogP contribution in [-0.4, -0.2) is 41.1 Å². The summed E-state index contributed by atoms with van der Waals surface area (Å²) in [6.07, 6.45) is -0.937. The lowest BCUT2D eigenvalue weighted by molar-refractivity contribution is -0.500. The summed E-state index contributed by atoms with van der Waals surface area (Å²) in [7, 11) is 0. The maximum absolute atomic E-state index is 13.2. The predicted molar refractivity (Wildman–Crippen MR) is 92.7 cm³/mol. The van der Waals surface area contributed by atoms with E-state index in [0.717, 1.165) is 4.90 Å². The minimum Gasteiger partial charge on any atom is -0.466 e. The van der Waals surface area contributed by atoms with Crippen LogP contribution in [-0.2, 0) is 24.5 Å². The second kappa shape index (κ2) is 6.04. The molecule has 1 fully saturated rings. The van der Waals surface area contributed by atoms with Crippen LogP contribution in [0.5, 0.6) is 0 Å². The normalized spacial score (nSPS) is 25.9. The Morgan fingerprint density at radius 1 is 1.30 bits per heavy atom. The van der Waals surface area contributed by atoms with Crippen molar-refractivity contribution in [2.45, 2.75) is 44.8 Å². The third-order valence-corrected chi connectivity index (χ3v) is 4.66. The van der Waals surface area contributed by atoms with E-state index >= 15 is 0 Å². The first-order valence-electron chi connectivity index (χ1n) is 8.54. The minimum atomic E-state index is -1.75. The van der Waals surface area contributed by atoms with Gasteiger partial charge in [0.1, 0.15) is 5.60 Å². The Balaban J connectivity index is 2.10.